The second kappa shape index (κ2) is 4.17. The van der Waals surface area contributed by atoms with Gasteiger partial charge in [-0.05, 0) is 38.5 Å². The lowest BCUT2D eigenvalue weighted by Crippen LogP contribution is -2.51. The summed E-state index contributed by atoms with van der Waals surface area (Å²) in [5.41, 5.74) is 2.93. The van der Waals surface area contributed by atoms with Crippen molar-refractivity contribution in [3.05, 3.63) is 0 Å². The Hall–Kier alpha value is -0.120. The molecule has 2 aliphatic rings. The molecule has 2 atom stereocenters. The molecule has 1 aliphatic carbocycles. The van der Waals surface area contributed by atoms with E-state index in [1.54, 1.807) is 0 Å². The summed E-state index contributed by atoms with van der Waals surface area (Å²) in [6, 6.07) is 0.339. The Morgan fingerprint density at radius 2 is 2.36 bits per heavy atom. The molecular formula is C11H22N2O. The van der Waals surface area contributed by atoms with Crippen LogP contribution in [0.1, 0.15) is 45.4 Å². The monoisotopic (exact) mass is 198 g/mol. The molecular weight excluding hydrogens is 176 g/mol. The number of hydrogen-bond donors (Lipinski definition) is 2. The number of nitrogens with two attached hydrogens (primary N) is 1. The van der Waals surface area contributed by atoms with Crippen LogP contribution in [0, 0.1) is 5.92 Å². The van der Waals surface area contributed by atoms with E-state index in [9.17, 15) is 0 Å². The van der Waals surface area contributed by atoms with Gasteiger partial charge in [-0.1, -0.05) is 12.8 Å². The zero-order valence-electron chi connectivity index (χ0n) is 9.09. The highest BCUT2D eigenvalue weighted by Gasteiger charge is 2.38. The largest absolute Gasteiger partial charge is 0.374 e. The smallest absolute Gasteiger partial charge is 0.0821 e. The Labute approximate surface area is 86.4 Å². The molecule has 1 saturated heterocycles. The van der Waals surface area contributed by atoms with Gasteiger partial charge in [-0.25, -0.2) is 0 Å². The van der Waals surface area contributed by atoms with E-state index in [1.807, 2.05) is 0 Å². The van der Waals surface area contributed by atoms with Crippen LogP contribution in [0.5, 0.6) is 0 Å². The second-order valence-corrected chi connectivity index (χ2v) is 5.00. The third-order valence-corrected chi connectivity index (χ3v) is 3.75. The van der Waals surface area contributed by atoms with Crippen LogP contribution in [0.15, 0.2) is 0 Å². The van der Waals surface area contributed by atoms with Crippen LogP contribution >= 0.6 is 0 Å². The van der Waals surface area contributed by atoms with Crippen molar-refractivity contribution in [2.45, 2.75) is 57.1 Å². The van der Waals surface area contributed by atoms with Crippen LogP contribution in [-0.4, -0.2) is 18.2 Å². The van der Waals surface area contributed by atoms with Crippen LogP contribution in [0.4, 0.5) is 0 Å². The number of hydrazine groups is 1. The highest BCUT2D eigenvalue weighted by molar-refractivity contribution is 4.92. The molecule has 3 nitrogen and oxygen atoms in total. The van der Waals surface area contributed by atoms with Gasteiger partial charge in [-0.2, -0.15) is 0 Å². The van der Waals surface area contributed by atoms with Gasteiger partial charge in [0.1, 0.15) is 0 Å². The average molecular weight is 198 g/mol. The first-order valence-electron chi connectivity index (χ1n) is 5.85. The first kappa shape index (κ1) is 10.4. The first-order chi connectivity index (χ1) is 6.74. The Bertz CT molecular complexity index is 186. The number of rotatable bonds is 5. The molecule has 0 spiro atoms. The van der Waals surface area contributed by atoms with Crippen molar-refractivity contribution < 1.29 is 4.74 Å². The predicted octanol–water partition coefficient (Wildman–Crippen LogP) is 1.58. The van der Waals surface area contributed by atoms with Crippen molar-refractivity contribution in [3.8, 4) is 0 Å². The van der Waals surface area contributed by atoms with Crippen molar-refractivity contribution in [2.24, 2.45) is 11.8 Å². The van der Waals surface area contributed by atoms with E-state index >= 15 is 0 Å². The minimum absolute atomic E-state index is 0.0103. The van der Waals surface area contributed by atoms with Gasteiger partial charge in [-0.15, -0.1) is 0 Å². The van der Waals surface area contributed by atoms with Crippen molar-refractivity contribution in [1.29, 1.82) is 0 Å². The molecule has 2 fully saturated rings. The molecule has 82 valence electrons. The van der Waals surface area contributed by atoms with Crippen molar-refractivity contribution in [1.82, 2.24) is 5.43 Å². The van der Waals surface area contributed by atoms with Crippen molar-refractivity contribution in [2.75, 3.05) is 6.61 Å². The Morgan fingerprint density at radius 3 is 2.86 bits per heavy atom. The SMILES string of the molecule is CC1(C(CCC2CC2)NN)CCCO1. The Kier molecular flexibility index (Phi) is 3.10. The van der Waals surface area contributed by atoms with E-state index in [4.69, 9.17) is 10.6 Å². The van der Waals surface area contributed by atoms with Crippen LogP contribution in [0.3, 0.4) is 0 Å². The summed E-state index contributed by atoms with van der Waals surface area (Å²) in [4.78, 5) is 0. The predicted molar refractivity (Wildman–Crippen MR) is 56.7 cm³/mol. The maximum absolute atomic E-state index is 5.80. The summed E-state index contributed by atoms with van der Waals surface area (Å²) < 4.78 is 5.80. The third-order valence-electron chi connectivity index (χ3n) is 3.75. The molecule has 2 rings (SSSR count). The van der Waals surface area contributed by atoms with Gasteiger partial charge < -0.3 is 4.74 Å². The first-order valence-corrected chi connectivity index (χ1v) is 5.85. The minimum atomic E-state index is -0.0103. The van der Waals surface area contributed by atoms with Gasteiger partial charge in [0.05, 0.1) is 5.60 Å². The molecule has 1 aliphatic heterocycles. The molecule has 2 unspecified atom stereocenters. The molecule has 3 N–H and O–H groups in total. The molecule has 0 radical (unpaired) electrons. The van der Waals surface area contributed by atoms with E-state index in [1.165, 1.54) is 25.7 Å². The molecule has 14 heavy (non-hydrogen) atoms. The fraction of sp³-hybridized carbons (Fsp3) is 1.00. The van der Waals surface area contributed by atoms with Crippen molar-refractivity contribution in [3.63, 3.8) is 0 Å². The fourth-order valence-electron chi connectivity index (χ4n) is 2.45. The lowest BCUT2D eigenvalue weighted by molar-refractivity contribution is -0.0147. The highest BCUT2D eigenvalue weighted by Crippen LogP contribution is 2.37. The molecule has 3 heteroatoms. The van der Waals surface area contributed by atoms with E-state index in [-0.39, 0.29) is 5.60 Å². The Morgan fingerprint density at radius 1 is 1.57 bits per heavy atom. The molecule has 1 heterocycles. The van der Waals surface area contributed by atoms with Crippen molar-refractivity contribution >= 4 is 0 Å². The molecule has 0 amide bonds. The standard InChI is InChI=1S/C11H22N2O/c1-11(7-2-8-14-11)10(13-12)6-5-9-3-4-9/h9-10,13H,2-8,12H2,1H3. The van der Waals surface area contributed by atoms with Gasteiger partial charge in [0.25, 0.3) is 0 Å². The molecule has 0 aromatic carbocycles. The third kappa shape index (κ3) is 2.27. The summed E-state index contributed by atoms with van der Waals surface area (Å²) in [5.74, 6) is 6.60. The van der Waals surface area contributed by atoms with Gasteiger partial charge in [0, 0.05) is 12.6 Å². The minimum Gasteiger partial charge on any atom is -0.374 e. The van der Waals surface area contributed by atoms with Crippen LogP contribution < -0.4 is 11.3 Å². The topological polar surface area (TPSA) is 47.3 Å². The van der Waals surface area contributed by atoms with Gasteiger partial charge in [-0.3, -0.25) is 11.3 Å². The molecule has 0 aromatic rings. The van der Waals surface area contributed by atoms with Gasteiger partial charge in [0.15, 0.2) is 0 Å². The maximum atomic E-state index is 5.80. The zero-order chi connectivity index (χ0) is 10.0. The Balaban J connectivity index is 1.82. The quantitative estimate of drug-likeness (QED) is 0.521. The molecule has 0 bridgehead atoms. The second-order valence-electron chi connectivity index (χ2n) is 5.00. The summed E-state index contributed by atoms with van der Waals surface area (Å²) in [7, 11) is 0. The van der Waals surface area contributed by atoms with E-state index < -0.39 is 0 Å². The van der Waals surface area contributed by atoms with E-state index in [0.717, 1.165) is 25.4 Å². The van der Waals surface area contributed by atoms with Gasteiger partial charge >= 0.3 is 0 Å². The average Bonchev–Trinajstić information content (AvgIpc) is 2.89. The van der Waals surface area contributed by atoms with Crippen LogP contribution in [0.25, 0.3) is 0 Å². The molecule has 1 saturated carbocycles. The number of hydrogen-bond acceptors (Lipinski definition) is 3. The highest BCUT2D eigenvalue weighted by atomic mass is 16.5. The lowest BCUT2D eigenvalue weighted by atomic mass is 9.89. The van der Waals surface area contributed by atoms with Crippen LogP contribution in [0.2, 0.25) is 0 Å². The summed E-state index contributed by atoms with van der Waals surface area (Å²) in [5, 5.41) is 0. The van der Waals surface area contributed by atoms with E-state index in [2.05, 4.69) is 12.3 Å². The van der Waals surface area contributed by atoms with Gasteiger partial charge in [0.2, 0.25) is 0 Å². The summed E-state index contributed by atoms with van der Waals surface area (Å²) in [6.45, 7) is 3.09. The van der Waals surface area contributed by atoms with E-state index in [0.29, 0.717) is 6.04 Å². The lowest BCUT2D eigenvalue weighted by Gasteiger charge is -2.32. The maximum Gasteiger partial charge on any atom is 0.0821 e. The summed E-state index contributed by atoms with van der Waals surface area (Å²) in [6.07, 6.45) is 7.65. The number of ether oxygens (including phenoxy) is 1. The molecule has 0 aromatic heterocycles. The zero-order valence-corrected chi connectivity index (χ0v) is 9.09. The van der Waals surface area contributed by atoms with Crippen LogP contribution in [-0.2, 0) is 4.74 Å². The normalized spacial score (nSPS) is 34.7. The number of nitrogens with one attached hydrogen (secondary N) is 1. The summed E-state index contributed by atoms with van der Waals surface area (Å²) >= 11 is 0. The fourth-order valence-corrected chi connectivity index (χ4v) is 2.45.